The first-order chi connectivity index (χ1) is 8.88. The van der Waals surface area contributed by atoms with Gasteiger partial charge < -0.3 is 5.32 Å². The van der Waals surface area contributed by atoms with Crippen LogP contribution < -0.4 is 5.32 Å². The molecule has 1 unspecified atom stereocenters. The maximum absolute atomic E-state index is 3.68. The van der Waals surface area contributed by atoms with E-state index in [4.69, 9.17) is 0 Å². The van der Waals surface area contributed by atoms with Gasteiger partial charge in [0.15, 0.2) is 0 Å². The van der Waals surface area contributed by atoms with Gasteiger partial charge in [-0.15, -0.1) is 0 Å². The number of hydrogen-bond acceptors (Lipinski definition) is 1. The number of aryl methyl sites for hydroxylation is 2. The number of nitrogens with one attached hydrogen (secondary N) is 1. The zero-order chi connectivity index (χ0) is 12.6. The molecule has 0 saturated carbocycles. The van der Waals surface area contributed by atoms with E-state index < -0.39 is 0 Å². The molecular formula is C17H27N. The third-order valence-corrected chi connectivity index (χ3v) is 4.01. The normalized spacial score (nSPS) is 20.6. The molecule has 0 bridgehead atoms. The van der Waals surface area contributed by atoms with E-state index in [9.17, 15) is 0 Å². The van der Waals surface area contributed by atoms with Gasteiger partial charge in [-0.1, -0.05) is 50.5 Å². The zero-order valence-corrected chi connectivity index (χ0v) is 11.8. The summed E-state index contributed by atoms with van der Waals surface area (Å²) in [6, 6.07) is 10.0. The second-order valence-corrected chi connectivity index (χ2v) is 5.61. The lowest BCUT2D eigenvalue weighted by molar-refractivity contribution is 0.478. The van der Waals surface area contributed by atoms with Crippen molar-refractivity contribution in [3.63, 3.8) is 0 Å². The summed E-state index contributed by atoms with van der Waals surface area (Å²) in [5, 5.41) is 3.68. The first-order valence-corrected chi connectivity index (χ1v) is 7.69. The molecule has 0 amide bonds. The van der Waals surface area contributed by atoms with Crippen LogP contribution in [0.15, 0.2) is 24.3 Å². The predicted octanol–water partition coefficient (Wildman–Crippen LogP) is 4.10. The average Bonchev–Trinajstić information content (AvgIpc) is 2.67. The Labute approximate surface area is 112 Å². The van der Waals surface area contributed by atoms with Crippen LogP contribution in [-0.4, -0.2) is 12.6 Å². The van der Waals surface area contributed by atoms with Crippen molar-refractivity contribution in [2.24, 2.45) is 0 Å². The third kappa shape index (κ3) is 4.45. The van der Waals surface area contributed by atoms with Gasteiger partial charge in [0.25, 0.3) is 0 Å². The molecule has 100 valence electrons. The number of hydrogen-bond donors (Lipinski definition) is 1. The molecule has 1 N–H and O–H groups in total. The van der Waals surface area contributed by atoms with Crippen LogP contribution in [0.2, 0.25) is 0 Å². The van der Waals surface area contributed by atoms with Crippen LogP contribution in [0.1, 0.15) is 56.6 Å². The standard InChI is InChI=1S/C17H27N/c1-2-6-15-8-10-16(11-9-15)12-13-17-7-4-3-5-14-18-17/h8-11,17-18H,2-7,12-14H2,1H3. The molecule has 1 aromatic carbocycles. The van der Waals surface area contributed by atoms with Crippen LogP contribution in [0, 0.1) is 0 Å². The van der Waals surface area contributed by atoms with E-state index in [1.54, 1.807) is 0 Å². The Morgan fingerprint density at radius 1 is 1.00 bits per heavy atom. The lowest BCUT2D eigenvalue weighted by Crippen LogP contribution is -2.28. The van der Waals surface area contributed by atoms with Gasteiger partial charge in [0.2, 0.25) is 0 Å². The van der Waals surface area contributed by atoms with Gasteiger partial charge in [-0.2, -0.15) is 0 Å². The van der Waals surface area contributed by atoms with Crippen molar-refractivity contribution >= 4 is 0 Å². The Kier molecular flexibility index (Phi) is 5.73. The van der Waals surface area contributed by atoms with Crippen molar-refractivity contribution in [2.45, 2.75) is 64.3 Å². The largest absolute Gasteiger partial charge is 0.314 e. The van der Waals surface area contributed by atoms with Gasteiger partial charge in [-0.3, -0.25) is 0 Å². The fraction of sp³-hybridized carbons (Fsp3) is 0.647. The van der Waals surface area contributed by atoms with E-state index >= 15 is 0 Å². The van der Waals surface area contributed by atoms with Gasteiger partial charge in [0.1, 0.15) is 0 Å². The molecule has 1 aliphatic rings. The Morgan fingerprint density at radius 3 is 2.44 bits per heavy atom. The Balaban J connectivity index is 1.78. The Morgan fingerprint density at radius 2 is 1.72 bits per heavy atom. The lowest BCUT2D eigenvalue weighted by Gasteiger charge is -2.15. The van der Waals surface area contributed by atoms with Crippen LogP contribution >= 0.6 is 0 Å². The van der Waals surface area contributed by atoms with Crippen molar-refractivity contribution in [3.8, 4) is 0 Å². The van der Waals surface area contributed by atoms with Crippen molar-refractivity contribution in [1.29, 1.82) is 0 Å². The highest BCUT2D eigenvalue weighted by molar-refractivity contribution is 5.22. The lowest BCUT2D eigenvalue weighted by atomic mass is 10.00. The van der Waals surface area contributed by atoms with Crippen molar-refractivity contribution < 1.29 is 0 Å². The number of benzene rings is 1. The molecule has 1 aliphatic heterocycles. The fourth-order valence-electron chi connectivity index (χ4n) is 2.85. The monoisotopic (exact) mass is 245 g/mol. The third-order valence-electron chi connectivity index (χ3n) is 4.01. The van der Waals surface area contributed by atoms with E-state index in [0.29, 0.717) is 0 Å². The summed E-state index contributed by atoms with van der Waals surface area (Å²) in [6.07, 6.45) is 10.5. The summed E-state index contributed by atoms with van der Waals surface area (Å²) < 4.78 is 0. The van der Waals surface area contributed by atoms with Crippen molar-refractivity contribution in [1.82, 2.24) is 5.32 Å². The first-order valence-electron chi connectivity index (χ1n) is 7.69. The molecule has 1 fully saturated rings. The van der Waals surface area contributed by atoms with E-state index in [-0.39, 0.29) is 0 Å². The molecule has 1 nitrogen and oxygen atoms in total. The van der Waals surface area contributed by atoms with Gasteiger partial charge in [-0.25, -0.2) is 0 Å². The highest BCUT2D eigenvalue weighted by Crippen LogP contribution is 2.14. The van der Waals surface area contributed by atoms with Crippen molar-refractivity contribution in [2.75, 3.05) is 6.54 Å². The van der Waals surface area contributed by atoms with Crippen LogP contribution in [0.25, 0.3) is 0 Å². The molecule has 0 aromatic heterocycles. The summed E-state index contributed by atoms with van der Waals surface area (Å²) in [4.78, 5) is 0. The van der Waals surface area contributed by atoms with Crippen LogP contribution in [-0.2, 0) is 12.8 Å². The SMILES string of the molecule is CCCc1ccc(CCC2CCCCCN2)cc1. The average molecular weight is 245 g/mol. The second kappa shape index (κ2) is 7.58. The summed E-state index contributed by atoms with van der Waals surface area (Å²) in [5.74, 6) is 0. The molecule has 18 heavy (non-hydrogen) atoms. The molecular weight excluding hydrogens is 218 g/mol. The van der Waals surface area contributed by atoms with E-state index in [0.717, 1.165) is 6.04 Å². The predicted molar refractivity (Wildman–Crippen MR) is 79.0 cm³/mol. The zero-order valence-electron chi connectivity index (χ0n) is 11.8. The minimum absolute atomic E-state index is 0.753. The molecule has 1 heterocycles. The van der Waals surface area contributed by atoms with E-state index in [2.05, 4.69) is 36.5 Å². The second-order valence-electron chi connectivity index (χ2n) is 5.61. The molecule has 0 spiro atoms. The summed E-state index contributed by atoms with van der Waals surface area (Å²) in [6.45, 7) is 3.46. The summed E-state index contributed by atoms with van der Waals surface area (Å²) in [7, 11) is 0. The quantitative estimate of drug-likeness (QED) is 0.823. The topological polar surface area (TPSA) is 12.0 Å². The maximum atomic E-state index is 3.68. The Bertz CT molecular complexity index is 320. The van der Waals surface area contributed by atoms with Gasteiger partial charge in [0.05, 0.1) is 0 Å². The highest BCUT2D eigenvalue weighted by Gasteiger charge is 2.10. The van der Waals surface area contributed by atoms with E-state index in [1.165, 1.54) is 69.0 Å². The Hall–Kier alpha value is -0.820. The molecule has 2 rings (SSSR count). The fourth-order valence-corrected chi connectivity index (χ4v) is 2.85. The van der Waals surface area contributed by atoms with Crippen LogP contribution in [0.5, 0.6) is 0 Å². The van der Waals surface area contributed by atoms with Gasteiger partial charge >= 0.3 is 0 Å². The smallest absolute Gasteiger partial charge is 0.00702 e. The van der Waals surface area contributed by atoms with E-state index in [1.807, 2.05) is 0 Å². The minimum Gasteiger partial charge on any atom is -0.314 e. The minimum atomic E-state index is 0.753. The van der Waals surface area contributed by atoms with Crippen molar-refractivity contribution in [3.05, 3.63) is 35.4 Å². The van der Waals surface area contributed by atoms with Gasteiger partial charge in [-0.05, 0) is 49.8 Å². The molecule has 1 saturated heterocycles. The molecule has 1 atom stereocenters. The first kappa shape index (κ1) is 13.6. The maximum Gasteiger partial charge on any atom is 0.00702 e. The molecule has 0 radical (unpaired) electrons. The molecule has 1 aromatic rings. The molecule has 0 aliphatic carbocycles. The van der Waals surface area contributed by atoms with Gasteiger partial charge in [0, 0.05) is 6.04 Å². The van der Waals surface area contributed by atoms with Crippen LogP contribution in [0.3, 0.4) is 0 Å². The molecule has 1 heteroatoms. The highest BCUT2D eigenvalue weighted by atomic mass is 14.9. The van der Waals surface area contributed by atoms with Crippen LogP contribution in [0.4, 0.5) is 0 Å². The summed E-state index contributed by atoms with van der Waals surface area (Å²) >= 11 is 0. The summed E-state index contributed by atoms with van der Waals surface area (Å²) in [5.41, 5.74) is 2.98. The number of rotatable bonds is 5.